The van der Waals surface area contributed by atoms with E-state index in [9.17, 15) is 13.2 Å². The molecule has 3 rings (SSSR count). The Morgan fingerprint density at radius 2 is 1.85 bits per heavy atom. The molecule has 0 bridgehead atoms. The SMILES string of the molecule is COC[C@@H](C)Oc1cc(C(=O)Nc2cc[nH]n2)cc(Oc2ccc(S(=O)(=O)N(C)C)cc2)n1. The number of carbonyl (C=O) groups excluding carboxylic acids is 1. The normalized spacial score (nSPS) is 12.4. The molecule has 2 N–H and O–H groups in total. The summed E-state index contributed by atoms with van der Waals surface area (Å²) >= 11 is 0. The van der Waals surface area contributed by atoms with Gasteiger partial charge in [-0.2, -0.15) is 10.1 Å². The highest BCUT2D eigenvalue weighted by molar-refractivity contribution is 7.89. The number of aromatic nitrogens is 3. The van der Waals surface area contributed by atoms with E-state index in [1.807, 2.05) is 0 Å². The van der Waals surface area contributed by atoms with Crippen LogP contribution in [-0.2, 0) is 14.8 Å². The Balaban J connectivity index is 1.87. The lowest BCUT2D eigenvalue weighted by Crippen LogP contribution is -2.22. The Kier molecular flexibility index (Phi) is 7.63. The summed E-state index contributed by atoms with van der Waals surface area (Å²) in [7, 11) is 0.892. The molecule has 0 aliphatic carbocycles. The first-order chi connectivity index (χ1) is 15.7. The van der Waals surface area contributed by atoms with E-state index in [4.69, 9.17) is 14.2 Å². The molecule has 1 amide bonds. The van der Waals surface area contributed by atoms with E-state index in [0.717, 1.165) is 4.31 Å². The largest absolute Gasteiger partial charge is 0.472 e. The molecule has 3 aromatic rings. The summed E-state index contributed by atoms with van der Waals surface area (Å²) in [5.74, 6) is 0.503. The highest BCUT2D eigenvalue weighted by Crippen LogP contribution is 2.26. The zero-order valence-electron chi connectivity index (χ0n) is 18.6. The number of aromatic amines is 1. The van der Waals surface area contributed by atoms with Crippen LogP contribution in [0.5, 0.6) is 17.5 Å². The summed E-state index contributed by atoms with van der Waals surface area (Å²) in [6, 6.07) is 10.4. The van der Waals surface area contributed by atoms with E-state index < -0.39 is 15.9 Å². The van der Waals surface area contributed by atoms with Gasteiger partial charge in [-0.3, -0.25) is 9.89 Å². The molecular weight excluding hydrogens is 450 g/mol. The number of carbonyl (C=O) groups is 1. The van der Waals surface area contributed by atoms with E-state index in [1.54, 1.807) is 26.3 Å². The van der Waals surface area contributed by atoms with Gasteiger partial charge in [0.25, 0.3) is 5.91 Å². The van der Waals surface area contributed by atoms with Crippen molar-refractivity contribution in [3.63, 3.8) is 0 Å². The van der Waals surface area contributed by atoms with E-state index >= 15 is 0 Å². The lowest BCUT2D eigenvalue weighted by molar-refractivity contribution is 0.0882. The van der Waals surface area contributed by atoms with E-state index in [1.165, 1.54) is 50.5 Å². The van der Waals surface area contributed by atoms with E-state index in [0.29, 0.717) is 18.2 Å². The first-order valence-corrected chi connectivity index (χ1v) is 11.3. The highest BCUT2D eigenvalue weighted by atomic mass is 32.2. The molecule has 0 radical (unpaired) electrons. The minimum absolute atomic E-state index is 0.0903. The number of amides is 1. The van der Waals surface area contributed by atoms with Crippen LogP contribution < -0.4 is 14.8 Å². The highest BCUT2D eigenvalue weighted by Gasteiger charge is 2.18. The van der Waals surface area contributed by atoms with Crippen LogP contribution in [0.15, 0.2) is 53.6 Å². The molecule has 2 heterocycles. The van der Waals surface area contributed by atoms with Crippen LogP contribution in [0.25, 0.3) is 0 Å². The van der Waals surface area contributed by atoms with Crippen molar-refractivity contribution in [2.75, 3.05) is 33.1 Å². The molecule has 0 aliphatic heterocycles. The van der Waals surface area contributed by atoms with Crippen molar-refractivity contribution >= 4 is 21.7 Å². The number of anilines is 1. The number of H-pyrrole nitrogens is 1. The van der Waals surface area contributed by atoms with Crippen LogP contribution in [0, 0.1) is 0 Å². The van der Waals surface area contributed by atoms with Crippen molar-refractivity contribution in [1.82, 2.24) is 19.5 Å². The fourth-order valence-corrected chi connectivity index (χ4v) is 3.63. The number of pyridine rings is 1. The number of sulfonamides is 1. The smallest absolute Gasteiger partial charge is 0.257 e. The van der Waals surface area contributed by atoms with Crippen molar-refractivity contribution in [1.29, 1.82) is 0 Å². The van der Waals surface area contributed by atoms with Crippen LogP contribution in [0.1, 0.15) is 17.3 Å². The molecule has 2 aromatic heterocycles. The van der Waals surface area contributed by atoms with Gasteiger partial charge < -0.3 is 19.5 Å². The third-order valence-electron chi connectivity index (χ3n) is 4.33. The fourth-order valence-electron chi connectivity index (χ4n) is 2.73. The summed E-state index contributed by atoms with van der Waals surface area (Å²) in [6.45, 7) is 2.12. The molecule has 33 heavy (non-hydrogen) atoms. The maximum atomic E-state index is 12.7. The van der Waals surface area contributed by atoms with Crippen molar-refractivity contribution in [3.05, 3.63) is 54.2 Å². The molecule has 0 fully saturated rings. The number of nitrogens with zero attached hydrogens (tertiary/aromatic N) is 3. The van der Waals surface area contributed by atoms with Gasteiger partial charge in [0.2, 0.25) is 21.8 Å². The standard InChI is InChI=1S/C21H25N5O6S/c1-14(13-30-4)31-19-11-15(21(27)23-18-9-10-22-25-18)12-20(24-19)32-16-5-7-17(8-6-16)33(28,29)26(2)3/h5-12,14H,13H2,1-4H3,(H2,22,23,25,27)/t14-/m1/s1. The maximum Gasteiger partial charge on any atom is 0.257 e. The van der Waals surface area contributed by atoms with Gasteiger partial charge in [0.1, 0.15) is 11.9 Å². The van der Waals surface area contributed by atoms with Gasteiger partial charge in [-0.15, -0.1) is 0 Å². The van der Waals surface area contributed by atoms with Gasteiger partial charge in [0.05, 0.1) is 17.1 Å². The second-order valence-corrected chi connectivity index (χ2v) is 9.34. The Labute approximate surface area is 191 Å². The van der Waals surface area contributed by atoms with Crippen LogP contribution in [0.4, 0.5) is 5.82 Å². The summed E-state index contributed by atoms with van der Waals surface area (Å²) in [4.78, 5) is 17.1. The van der Waals surface area contributed by atoms with Crippen LogP contribution in [0.2, 0.25) is 0 Å². The number of methoxy groups -OCH3 is 1. The zero-order chi connectivity index (χ0) is 24.0. The van der Waals surface area contributed by atoms with Crippen molar-refractivity contribution in [3.8, 4) is 17.5 Å². The first kappa shape index (κ1) is 24.2. The number of benzene rings is 1. The fraction of sp³-hybridized carbons (Fsp3) is 0.286. The summed E-state index contributed by atoms with van der Waals surface area (Å²) in [6.07, 6.45) is 1.26. The quantitative estimate of drug-likeness (QED) is 0.457. The van der Waals surface area contributed by atoms with Gasteiger partial charge >= 0.3 is 0 Å². The molecule has 11 nitrogen and oxygen atoms in total. The molecule has 176 valence electrons. The number of rotatable bonds is 10. The topological polar surface area (TPSA) is 136 Å². The Bertz CT molecular complexity index is 1180. The second kappa shape index (κ2) is 10.4. The summed E-state index contributed by atoms with van der Waals surface area (Å²) < 4.78 is 42.2. The minimum Gasteiger partial charge on any atom is -0.472 e. The Morgan fingerprint density at radius 1 is 1.15 bits per heavy atom. The molecule has 0 saturated heterocycles. The van der Waals surface area contributed by atoms with E-state index in [-0.39, 0.29) is 28.3 Å². The third-order valence-corrected chi connectivity index (χ3v) is 6.16. The lowest BCUT2D eigenvalue weighted by Gasteiger charge is -2.15. The molecule has 1 aromatic carbocycles. The van der Waals surface area contributed by atoms with Crippen LogP contribution >= 0.6 is 0 Å². The number of hydrogen-bond donors (Lipinski definition) is 2. The van der Waals surface area contributed by atoms with Gasteiger partial charge in [-0.25, -0.2) is 12.7 Å². The second-order valence-electron chi connectivity index (χ2n) is 7.19. The molecular formula is C21H25N5O6S. The predicted octanol–water partition coefficient (Wildman–Crippen LogP) is 2.51. The van der Waals surface area contributed by atoms with Gasteiger partial charge in [-0.05, 0) is 31.2 Å². The average Bonchev–Trinajstić information content (AvgIpc) is 3.27. The lowest BCUT2D eigenvalue weighted by atomic mass is 10.2. The molecule has 0 saturated carbocycles. The third kappa shape index (κ3) is 6.28. The predicted molar refractivity (Wildman–Crippen MR) is 120 cm³/mol. The monoisotopic (exact) mass is 475 g/mol. The Hall–Kier alpha value is -3.48. The minimum atomic E-state index is -3.57. The van der Waals surface area contributed by atoms with Crippen LogP contribution in [-0.4, -0.2) is 67.7 Å². The van der Waals surface area contributed by atoms with Gasteiger partial charge in [-0.1, -0.05) is 0 Å². The van der Waals surface area contributed by atoms with E-state index in [2.05, 4.69) is 20.5 Å². The Morgan fingerprint density at radius 3 is 2.45 bits per heavy atom. The summed E-state index contributed by atoms with van der Waals surface area (Å²) in [5.41, 5.74) is 0.231. The summed E-state index contributed by atoms with van der Waals surface area (Å²) in [5, 5.41) is 9.17. The first-order valence-electron chi connectivity index (χ1n) is 9.88. The van der Waals surface area contributed by atoms with Crippen molar-refractivity contribution in [2.24, 2.45) is 0 Å². The average molecular weight is 476 g/mol. The maximum absolute atomic E-state index is 12.7. The zero-order valence-corrected chi connectivity index (χ0v) is 19.4. The van der Waals surface area contributed by atoms with Gasteiger partial charge in [0.15, 0.2) is 5.82 Å². The number of ether oxygens (including phenoxy) is 3. The van der Waals surface area contributed by atoms with Gasteiger partial charge in [0, 0.05) is 45.6 Å². The number of nitrogens with one attached hydrogen (secondary N) is 2. The molecule has 0 spiro atoms. The molecule has 0 aliphatic rings. The number of hydrogen-bond acceptors (Lipinski definition) is 8. The van der Waals surface area contributed by atoms with Crippen LogP contribution in [0.3, 0.4) is 0 Å². The van der Waals surface area contributed by atoms with Crippen molar-refractivity contribution < 1.29 is 27.4 Å². The molecule has 12 heteroatoms. The molecule has 0 unspecified atom stereocenters. The van der Waals surface area contributed by atoms with Crippen molar-refractivity contribution in [2.45, 2.75) is 17.9 Å². The molecule has 1 atom stereocenters.